The zero-order valence-electron chi connectivity index (χ0n) is 14.7. The third-order valence-corrected chi connectivity index (χ3v) is 5.04. The number of aromatic nitrogens is 1. The summed E-state index contributed by atoms with van der Waals surface area (Å²) in [7, 11) is 0. The molecular weight excluding hydrogens is 368 g/mol. The van der Waals surface area contributed by atoms with Crippen molar-refractivity contribution in [3.05, 3.63) is 53.3 Å². The van der Waals surface area contributed by atoms with Gasteiger partial charge in [0.15, 0.2) is 0 Å². The Balaban J connectivity index is 1.54. The van der Waals surface area contributed by atoms with Crippen LogP contribution in [0.4, 0.5) is 5.69 Å². The molecule has 3 rings (SSSR count). The van der Waals surface area contributed by atoms with Gasteiger partial charge in [0.05, 0.1) is 16.6 Å². The smallest absolute Gasteiger partial charge is 0.306 e. The van der Waals surface area contributed by atoms with E-state index >= 15 is 0 Å². The topological polar surface area (TPSA) is 88.5 Å². The SMILES string of the molecule is O=C(O)C1CCC(C(=O)Nc2ccc(OCc3ccccn3)c(Cl)c2)CC1. The first-order valence-corrected chi connectivity index (χ1v) is 9.26. The van der Waals surface area contributed by atoms with Crippen LogP contribution in [0.25, 0.3) is 0 Å². The van der Waals surface area contributed by atoms with Gasteiger partial charge in [-0.25, -0.2) is 0 Å². The number of rotatable bonds is 6. The lowest BCUT2D eigenvalue weighted by atomic mass is 9.81. The summed E-state index contributed by atoms with van der Waals surface area (Å²) in [6.07, 6.45) is 3.94. The van der Waals surface area contributed by atoms with Crippen LogP contribution in [0, 0.1) is 11.8 Å². The van der Waals surface area contributed by atoms with Crippen molar-refractivity contribution in [1.82, 2.24) is 4.98 Å². The van der Waals surface area contributed by atoms with Crippen molar-refractivity contribution in [2.75, 3.05) is 5.32 Å². The van der Waals surface area contributed by atoms with Crippen LogP contribution in [-0.2, 0) is 16.2 Å². The van der Waals surface area contributed by atoms with Crippen LogP contribution < -0.4 is 10.1 Å². The van der Waals surface area contributed by atoms with Gasteiger partial charge in [-0.15, -0.1) is 0 Å². The largest absolute Gasteiger partial charge is 0.486 e. The number of benzene rings is 1. The van der Waals surface area contributed by atoms with E-state index in [1.165, 1.54) is 0 Å². The summed E-state index contributed by atoms with van der Waals surface area (Å²) in [6, 6.07) is 10.7. The fraction of sp³-hybridized carbons (Fsp3) is 0.350. The standard InChI is InChI=1S/C20H21ClN2O4/c21-17-11-15(8-9-18(17)27-12-16-3-1-2-10-22-16)23-19(24)13-4-6-14(7-5-13)20(25)26/h1-3,8-11,13-14H,4-7,12H2,(H,23,24)(H,25,26). The Bertz CT molecular complexity index is 805. The van der Waals surface area contributed by atoms with Crippen LogP contribution in [0.1, 0.15) is 31.4 Å². The fourth-order valence-corrected chi connectivity index (χ4v) is 3.41. The molecule has 0 spiro atoms. The monoisotopic (exact) mass is 388 g/mol. The van der Waals surface area contributed by atoms with Crippen molar-refractivity contribution < 1.29 is 19.4 Å². The molecule has 1 saturated carbocycles. The van der Waals surface area contributed by atoms with Gasteiger partial charge in [0.25, 0.3) is 0 Å². The summed E-state index contributed by atoms with van der Waals surface area (Å²) in [5, 5.41) is 12.3. The third kappa shape index (κ3) is 5.20. The molecule has 1 aromatic heterocycles. The second kappa shape index (κ2) is 8.86. The Morgan fingerprint density at radius 1 is 1.15 bits per heavy atom. The predicted molar refractivity (Wildman–Crippen MR) is 102 cm³/mol. The molecule has 0 atom stereocenters. The zero-order chi connectivity index (χ0) is 19.2. The van der Waals surface area contributed by atoms with Crippen molar-refractivity contribution in [2.24, 2.45) is 11.8 Å². The minimum atomic E-state index is -0.776. The number of carbonyl (C=O) groups is 2. The highest BCUT2D eigenvalue weighted by Gasteiger charge is 2.29. The molecule has 0 aliphatic heterocycles. The Morgan fingerprint density at radius 3 is 2.52 bits per heavy atom. The van der Waals surface area contributed by atoms with Gasteiger partial charge >= 0.3 is 5.97 Å². The van der Waals surface area contributed by atoms with Gasteiger partial charge in [-0.3, -0.25) is 14.6 Å². The minimum absolute atomic E-state index is 0.0999. The number of anilines is 1. The van der Waals surface area contributed by atoms with Gasteiger partial charge in [0, 0.05) is 17.8 Å². The van der Waals surface area contributed by atoms with Crippen molar-refractivity contribution in [2.45, 2.75) is 32.3 Å². The number of ether oxygens (including phenoxy) is 1. The molecule has 2 aromatic rings. The maximum absolute atomic E-state index is 12.4. The second-order valence-electron chi connectivity index (χ2n) is 6.63. The Labute approximate surface area is 162 Å². The van der Waals surface area contributed by atoms with E-state index in [0.29, 0.717) is 48.7 Å². The normalized spacial score (nSPS) is 19.3. The highest BCUT2D eigenvalue weighted by Crippen LogP contribution is 2.31. The second-order valence-corrected chi connectivity index (χ2v) is 7.04. The summed E-state index contributed by atoms with van der Waals surface area (Å²) in [6.45, 7) is 0.305. The molecule has 1 aliphatic carbocycles. The zero-order valence-corrected chi connectivity index (χ0v) is 15.5. The van der Waals surface area contributed by atoms with E-state index in [9.17, 15) is 9.59 Å². The first-order valence-electron chi connectivity index (χ1n) is 8.89. The van der Waals surface area contributed by atoms with E-state index in [1.54, 1.807) is 24.4 Å². The predicted octanol–water partition coefficient (Wildman–Crippen LogP) is 4.14. The highest BCUT2D eigenvalue weighted by molar-refractivity contribution is 6.32. The molecule has 0 bridgehead atoms. The molecule has 2 N–H and O–H groups in total. The summed E-state index contributed by atoms with van der Waals surface area (Å²) in [4.78, 5) is 27.6. The van der Waals surface area contributed by atoms with Crippen molar-refractivity contribution in [1.29, 1.82) is 0 Å². The molecule has 1 aliphatic rings. The van der Waals surface area contributed by atoms with E-state index in [2.05, 4.69) is 10.3 Å². The number of nitrogens with one attached hydrogen (secondary N) is 1. The van der Waals surface area contributed by atoms with Crippen LogP contribution in [0.3, 0.4) is 0 Å². The molecule has 1 amide bonds. The summed E-state index contributed by atoms with van der Waals surface area (Å²) in [5.41, 5.74) is 1.39. The van der Waals surface area contributed by atoms with Crippen LogP contribution in [0.5, 0.6) is 5.75 Å². The molecule has 142 valence electrons. The molecule has 7 heteroatoms. The van der Waals surface area contributed by atoms with Crippen LogP contribution >= 0.6 is 11.6 Å². The maximum Gasteiger partial charge on any atom is 0.306 e. The molecule has 0 unspecified atom stereocenters. The van der Waals surface area contributed by atoms with Gasteiger partial charge in [-0.2, -0.15) is 0 Å². The van der Waals surface area contributed by atoms with Gasteiger partial charge in [0.2, 0.25) is 5.91 Å². The van der Waals surface area contributed by atoms with Crippen LogP contribution in [-0.4, -0.2) is 22.0 Å². The van der Waals surface area contributed by atoms with E-state index < -0.39 is 5.97 Å². The van der Waals surface area contributed by atoms with Crippen LogP contribution in [0.15, 0.2) is 42.6 Å². The number of carboxylic acids is 1. The molecule has 1 aromatic carbocycles. The van der Waals surface area contributed by atoms with Gasteiger partial charge in [-0.05, 0) is 56.0 Å². The van der Waals surface area contributed by atoms with E-state index in [-0.39, 0.29) is 17.7 Å². The number of hydrogen-bond acceptors (Lipinski definition) is 4. The summed E-state index contributed by atoms with van der Waals surface area (Å²) in [5.74, 6) is -0.861. The Morgan fingerprint density at radius 2 is 1.89 bits per heavy atom. The highest BCUT2D eigenvalue weighted by atomic mass is 35.5. The number of carboxylic acid groups (broad SMARTS) is 1. The van der Waals surface area contributed by atoms with Crippen LogP contribution in [0.2, 0.25) is 5.02 Å². The Hall–Kier alpha value is -2.60. The number of amides is 1. The summed E-state index contributed by atoms with van der Waals surface area (Å²) >= 11 is 6.26. The van der Waals surface area contributed by atoms with E-state index in [1.807, 2.05) is 18.2 Å². The quantitative estimate of drug-likeness (QED) is 0.776. The third-order valence-electron chi connectivity index (χ3n) is 4.75. The van der Waals surface area contributed by atoms with E-state index in [0.717, 1.165) is 5.69 Å². The number of pyridine rings is 1. The lowest BCUT2D eigenvalue weighted by molar-refractivity contribution is -0.143. The molecule has 6 nitrogen and oxygen atoms in total. The minimum Gasteiger partial charge on any atom is -0.486 e. The number of aliphatic carboxylic acids is 1. The number of hydrogen-bond donors (Lipinski definition) is 2. The lowest BCUT2D eigenvalue weighted by Crippen LogP contribution is -2.29. The van der Waals surface area contributed by atoms with Gasteiger partial charge < -0.3 is 15.2 Å². The first-order chi connectivity index (χ1) is 13.0. The average Bonchev–Trinajstić information content (AvgIpc) is 2.68. The molecule has 0 saturated heterocycles. The molecule has 27 heavy (non-hydrogen) atoms. The average molecular weight is 389 g/mol. The molecular formula is C20H21ClN2O4. The van der Waals surface area contributed by atoms with Crippen molar-refractivity contribution in [3.8, 4) is 5.75 Å². The lowest BCUT2D eigenvalue weighted by Gasteiger charge is -2.25. The van der Waals surface area contributed by atoms with Gasteiger partial charge in [0.1, 0.15) is 12.4 Å². The first kappa shape index (κ1) is 19.2. The maximum atomic E-state index is 12.4. The Kier molecular flexibility index (Phi) is 6.29. The van der Waals surface area contributed by atoms with Crippen molar-refractivity contribution in [3.63, 3.8) is 0 Å². The number of carbonyl (C=O) groups excluding carboxylic acids is 1. The number of halogens is 1. The molecule has 1 fully saturated rings. The van der Waals surface area contributed by atoms with Gasteiger partial charge in [-0.1, -0.05) is 17.7 Å². The number of nitrogens with zero attached hydrogens (tertiary/aromatic N) is 1. The molecule has 1 heterocycles. The fourth-order valence-electron chi connectivity index (χ4n) is 3.18. The summed E-state index contributed by atoms with van der Waals surface area (Å²) < 4.78 is 5.67. The van der Waals surface area contributed by atoms with Crippen molar-refractivity contribution >= 4 is 29.2 Å². The van der Waals surface area contributed by atoms with E-state index in [4.69, 9.17) is 21.4 Å². The molecule has 0 radical (unpaired) electrons.